The van der Waals surface area contributed by atoms with E-state index in [0.717, 1.165) is 16.9 Å². The molecule has 0 saturated carbocycles. The number of carbonyl (C=O) groups excluding carboxylic acids is 2. The molecule has 1 aromatic rings. The average molecular weight is 326 g/mol. The zero-order valence-electron chi connectivity index (χ0n) is 11.0. The summed E-state index contributed by atoms with van der Waals surface area (Å²) in [5.74, 6) is -0.748. The van der Waals surface area contributed by atoms with Crippen LogP contribution < -0.4 is 0 Å². The number of carbonyl (C=O) groups is 2. The molecule has 2 amide bonds. The molecule has 0 bridgehead atoms. The van der Waals surface area contributed by atoms with Crippen LogP contribution in [0.2, 0.25) is 5.02 Å². The second kappa shape index (κ2) is 6.08. The van der Waals surface area contributed by atoms with Crippen LogP contribution in [0.1, 0.15) is 30.6 Å². The molecule has 1 fully saturated rings. The first-order chi connectivity index (χ1) is 9.45. The molecule has 1 heterocycles. The normalized spacial score (nSPS) is 17.6. The number of thioether (sulfide) groups is 1. The molecule has 1 aromatic carbocycles. The van der Waals surface area contributed by atoms with E-state index in [1.54, 1.807) is 24.3 Å². The summed E-state index contributed by atoms with van der Waals surface area (Å²) in [7, 11) is 0. The first-order valence-electron chi connectivity index (χ1n) is 6.01. The molecule has 0 N–H and O–H groups in total. The van der Waals surface area contributed by atoms with Crippen molar-refractivity contribution in [3.63, 3.8) is 0 Å². The molecule has 0 atom stereocenters. The highest BCUT2D eigenvalue weighted by molar-refractivity contribution is 8.26. The molecule has 104 valence electrons. The minimum absolute atomic E-state index is 0.276. The van der Waals surface area contributed by atoms with E-state index in [4.69, 9.17) is 23.8 Å². The molecule has 0 aliphatic carbocycles. The molecule has 0 spiro atoms. The summed E-state index contributed by atoms with van der Waals surface area (Å²) in [5.41, 5.74) is 1.33. The Morgan fingerprint density at radius 2 is 1.95 bits per heavy atom. The molecule has 3 nitrogen and oxygen atoms in total. The predicted molar refractivity (Wildman–Crippen MR) is 85.8 cm³/mol. The Morgan fingerprint density at radius 3 is 2.50 bits per heavy atom. The van der Waals surface area contributed by atoms with Crippen LogP contribution in [-0.2, 0) is 4.79 Å². The Balaban J connectivity index is 2.34. The molecule has 0 unspecified atom stereocenters. The topological polar surface area (TPSA) is 37.4 Å². The molecule has 1 aliphatic heterocycles. The van der Waals surface area contributed by atoms with Crippen molar-refractivity contribution in [3.8, 4) is 0 Å². The number of rotatable bonds is 2. The highest BCUT2D eigenvalue weighted by atomic mass is 35.5. The second-order valence-electron chi connectivity index (χ2n) is 4.28. The number of halogens is 1. The van der Waals surface area contributed by atoms with Crippen molar-refractivity contribution in [2.24, 2.45) is 0 Å². The molecule has 1 aliphatic rings. The number of benzene rings is 1. The fourth-order valence-corrected chi connectivity index (χ4v) is 3.16. The summed E-state index contributed by atoms with van der Waals surface area (Å²) in [6.45, 7) is 3.84. The van der Waals surface area contributed by atoms with E-state index in [-0.39, 0.29) is 10.2 Å². The monoisotopic (exact) mass is 325 g/mol. The van der Waals surface area contributed by atoms with Gasteiger partial charge < -0.3 is 0 Å². The van der Waals surface area contributed by atoms with E-state index in [1.807, 2.05) is 13.8 Å². The van der Waals surface area contributed by atoms with Gasteiger partial charge in [0.2, 0.25) is 0 Å². The SMILES string of the molecule is CC/C(C)=C1\SC(=S)N(C(=O)c2ccc(Cl)cc2)C1=O. The van der Waals surface area contributed by atoms with Crippen molar-refractivity contribution in [1.29, 1.82) is 0 Å². The molecule has 2 rings (SSSR count). The fraction of sp³-hybridized carbons (Fsp3) is 0.214. The van der Waals surface area contributed by atoms with E-state index in [2.05, 4.69) is 0 Å². The molecule has 1 saturated heterocycles. The minimum atomic E-state index is -0.414. The minimum Gasteiger partial charge on any atom is -0.268 e. The van der Waals surface area contributed by atoms with Gasteiger partial charge in [0.1, 0.15) is 0 Å². The summed E-state index contributed by atoms with van der Waals surface area (Å²) in [4.78, 5) is 26.3. The van der Waals surface area contributed by atoms with Crippen molar-refractivity contribution in [2.75, 3.05) is 0 Å². The molecule has 6 heteroatoms. The van der Waals surface area contributed by atoms with Gasteiger partial charge in [-0.3, -0.25) is 9.59 Å². The summed E-state index contributed by atoms with van der Waals surface area (Å²) in [6, 6.07) is 6.39. The smallest absolute Gasteiger partial charge is 0.268 e. The fourth-order valence-electron chi connectivity index (χ4n) is 1.69. The lowest BCUT2D eigenvalue weighted by Crippen LogP contribution is -2.34. The van der Waals surface area contributed by atoms with Gasteiger partial charge in [0.25, 0.3) is 11.8 Å². The zero-order valence-corrected chi connectivity index (χ0v) is 13.4. The van der Waals surface area contributed by atoms with E-state index in [9.17, 15) is 9.59 Å². The Labute approximate surface area is 132 Å². The number of amides is 2. The number of hydrogen-bond donors (Lipinski definition) is 0. The zero-order chi connectivity index (χ0) is 14.9. The standard InChI is InChI=1S/C14H12ClNO2S2/c1-3-8(2)11-13(18)16(14(19)20-11)12(17)9-4-6-10(15)7-5-9/h4-7H,3H2,1-2H3/b11-8-. The van der Waals surface area contributed by atoms with Gasteiger partial charge in [-0.15, -0.1) is 0 Å². The maximum atomic E-state index is 12.4. The van der Waals surface area contributed by atoms with Crippen LogP contribution in [0.4, 0.5) is 0 Å². The predicted octanol–water partition coefficient (Wildman–Crippen LogP) is 4.02. The summed E-state index contributed by atoms with van der Waals surface area (Å²) in [6.07, 6.45) is 0.750. The lowest BCUT2D eigenvalue weighted by molar-refractivity contribution is -0.120. The summed E-state index contributed by atoms with van der Waals surface area (Å²) >= 11 is 12.1. The van der Waals surface area contributed by atoms with E-state index >= 15 is 0 Å². The highest BCUT2D eigenvalue weighted by Crippen LogP contribution is 2.35. The van der Waals surface area contributed by atoms with Crippen LogP contribution in [-0.4, -0.2) is 21.0 Å². The van der Waals surface area contributed by atoms with Crippen LogP contribution in [0, 0.1) is 0 Å². The Hall–Kier alpha value is -1.17. The third-order valence-electron chi connectivity index (χ3n) is 2.98. The molecular formula is C14H12ClNO2S2. The second-order valence-corrected chi connectivity index (χ2v) is 6.36. The number of hydrogen-bond acceptors (Lipinski definition) is 4. The Morgan fingerprint density at radius 1 is 1.35 bits per heavy atom. The van der Waals surface area contributed by atoms with E-state index in [0.29, 0.717) is 15.5 Å². The van der Waals surface area contributed by atoms with Crippen LogP contribution in [0.25, 0.3) is 0 Å². The van der Waals surface area contributed by atoms with Gasteiger partial charge in [0.15, 0.2) is 4.32 Å². The van der Waals surface area contributed by atoms with Crippen LogP contribution in [0.5, 0.6) is 0 Å². The maximum Gasteiger partial charge on any atom is 0.273 e. The van der Waals surface area contributed by atoms with E-state index < -0.39 is 5.91 Å². The van der Waals surface area contributed by atoms with Crippen LogP contribution >= 0.6 is 35.6 Å². The number of imide groups is 1. The van der Waals surface area contributed by atoms with Gasteiger partial charge in [0.05, 0.1) is 4.91 Å². The Bertz CT molecular complexity index is 623. The molecule has 0 radical (unpaired) electrons. The first-order valence-corrected chi connectivity index (χ1v) is 7.62. The van der Waals surface area contributed by atoms with Gasteiger partial charge in [-0.05, 0) is 37.6 Å². The first kappa shape index (κ1) is 15.2. The quantitative estimate of drug-likeness (QED) is 0.467. The Kier molecular flexibility index (Phi) is 4.62. The maximum absolute atomic E-state index is 12.4. The molecular weight excluding hydrogens is 314 g/mol. The van der Waals surface area contributed by atoms with Crippen molar-refractivity contribution in [3.05, 3.63) is 45.3 Å². The van der Waals surface area contributed by atoms with Gasteiger partial charge in [0, 0.05) is 10.6 Å². The van der Waals surface area contributed by atoms with Crippen molar-refractivity contribution in [1.82, 2.24) is 4.90 Å². The average Bonchev–Trinajstić information content (AvgIpc) is 2.73. The van der Waals surface area contributed by atoms with Gasteiger partial charge >= 0.3 is 0 Å². The summed E-state index contributed by atoms with van der Waals surface area (Å²) in [5, 5.41) is 0.536. The largest absolute Gasteiger partial charge is 0.273 e. The molecule has 0 aromatic heterocycles. The highest BCUT2D eigenvalue weighted by Gasteiger charge is 2.38. The van der Waals surface area contributed by atoms with Gasteiger partial charge in [-0.1, -0.05) is 48.1 Å². The van der Waals surface area contributed by atoms with Crippen LogP contribution in [0.3, 0.4) is 0 Å². The third kappa shape index (κ3) is 2.80. The van der Waals surface area contributed by atoms with Crippen molar-refractivity contribution >= 4 is 51.7 Å². The number of allylic oxidation sites excluding steroid dienone is 1. The van der Waals surface area contributed by atoms with Crippen molar-refractivity contribution < 1.29 is 9.59 Å². The number of nitrogens with zero attached hydrogens (tertiary/aromatic N) is 1. The van der Waals surface area contributed by atoms with Gasteiger partial charge in [-0.25, -0.2) is 4.90 Å². The number of thiocarbonyl (C=S) groups is 1. The summed E-state index contributed by atoms with van der Waals surface area (Å²) < 4.78 is 0.276. The van der Waals surface area contributed by atoms with Crippen LogP contribution in [0.15, 0.2) is 34.7 Å². The lowest BCUT2D eigenvalue weighted by atomic mass is 10.2. The van der Waals surface area contributed by atoms with E-state index in [1.165, 1.54) is 11.8 Å². The molecule has 20 heavy (non-hydrogen) atoms. The van der Waals surface area contributed by atoms with Crippen molar-refractivity contribution in [2.45, 2.75) is 20.3 Å². The third-order valence-corrected chi connectivity index (χ3v) is 4.75. The van der Waals surface area contributed by atoms with Gasteiger partial charge in [-0.2, -0.15) is 0 Å². The lowest BCUT2D eigenvalue weighted by Gasteiger charge is -2.12.